The number of hydrogen-bond donors (Lipinski definition) is 0. The summed E-state index contributed by atoms with van der Waals surface area (Å²) >= 11 is 0. The molecule has 0 saturated heterocycles. The van der Waals surface area contributed by atoms with Gasteiger partial charge in [-0.05, 0) is 74.8 Å². The molecule has 2 heterocycles. The van der Waals surface area contributed by atoms with Gasteiger partial charge in [0.05, 0.1) is 0 Å². The third kappa shape index (κ3) is 4.95. The maximum Gasteiger partial charge on any atom is 0.164 e. The van der Waals surface area contributed by atoms with Crippen LogP contribution in [0.15, 0.2) is 168 Å². The lowest BCUT2D eigenvalue weighted by molar-refractivity contribution is 0.658. The van der Waals surface area contributed by atoms with E-state index in [2.05, 4.69) is 105 Å². The second kappa shape index (κ2) is 11.7. The lowest BCUT2D eigenvalue weighted by Crippen LogP contribution is -2.15. The molecule has 52 heavy (non-hydrogen) atoms. The van der Waals surface area contributed by atoms with E-state index in [1.807, 2.05) is 72.8 Å². The molecule has 1 aliphatic carbocycles. The van der Waals surface area contributed by atoms with Crippen molar-refractivity contribution >= 4 is 21.9 Å². The van der Waals surface area contributed by atoms with Crippen LogP contribution in [0.4, 0.5) is 0 Å². The molecule has 0 radical (unpaired) electrons. The zero-order valence-corrected chi connectivity index (χ0v) is 28.8. The summed E-state index contributed by atoms with van der Waals surface area (Å²) in [5, 5.41) is 2.35. The molecule has 10 rings (SSSR count). The van der Waals surface area contributed by atoms with Crippen molar-refractivity contribution in [1.82, 2.24) is 15.0 Å². The van der Waals surface area contributed by atoms with Gasteiger partial charge >= 0.3 is 0 Å². The van der Waals surface area contributed by atoms with Gasteiger partial charge in [-0.1, -0.05) is 147 Å². The van der Waals surface area contributed by atoms with Gasteiger partial charge in [-0.2, -0.15) is 0 Å². The number of para-hydroxylation sites is 1. The highest BCUT2D eigenvalue weighted by molar-refractivity contribution is 6.07. The molecule has 7 aromatic carbocycles. The second-order valence-electron chi connectivity index (χ2n) is 14.1. The van der Waals surface area contributed by atoms with Crippen LogP contribution >= 0.6 is 0 Å². The quantitative estimate of drug-likeness (QED) is 0.183. The summed E-state index contributed by atoms with van der Waals surface area (Å²) in [6.45, 7) is 4.67. The van der Waals surface area contributed by atoms with Gasteiger partial charge in [0.1, 0.15) is 11.2 Å². The Balaban J connectivity index is 0.981. The monoisotopic (exact) mass is 667 g/mol. The molecule has 0 N–H and O–H groups in total. The fourth-order valence-electron chi connectivity index (χ4n) is 7.76. The first-order valence-corrected chi connectivity index (χ1v) is 17.7. The first-order chi connectivity index (χ1) is 25.5. The molecule has 0 bridgehead atoms. The first kappa shape index (κ1) is 30.2. The minimum absolute atomic E-state index is 0.136. The van der Waals surface area contributed by atoms with Gasteiger partial charge in [0.2, 0.25) is 0 Å². The van der Waals surface area contributed by atoms with Crippen molar-refractivity contribution in [2.75, 3.05) is 0 Å². The fourth-order valence-corrected chi connectivity index (χ4v) is 7.76. The third-order valence-corrected chi connectivity index (χ3v) is 10.5. The average molecular weight is 668 g/mol. The van der Waals surface area contributed by atoms with Crippen LogP contribution in [-0.4, -0.2) is 15.0 Å². The van der Waals surface area contributed by atoms with E-state index < -0.39 is 0 Å². The Kier molecular flexibility index (Phi) is 6.80. The minimum Gasteiger partial charge on any atom is -0.456 e. The first-order valence-electron chi connectivity index (χ1n) is 17.7. The summed E-state index contributed by atoms with van der Waals surface area (Å²) < 4.78 is 6.27. The molecule has 0 aliphatic heterocycles. The maximum atomic E-state index is 6.27. The van der Waals surface area contributed by atoms with Gasteiger partial charge in [-0.25, -0.2) is 15.0 Å². The number of rotatable bonds is 5. The second-order valence-corrected chi connectivity index (χ2v) is 14.1. The Bertz CT molecular complexity index is 2740. The van der Waals surface area contributed by atoms with Gasteiger partial charge in [-0.15, -0.1) is 0 Å². The van der Waals surface area contributed by atoms with Crippen LogP contribution in [0.25, 0.3) is 89.5 Å². The van der Waals surface area contributed by atoms with Crippen molar-refractivity contribution < 1.29 is 4.42 Å². The van der Waals surface area contributed by atoms with Crippen LogP contribution in [0.1, 0.15) is 25.0 Å². The molecule has 0 unspecified atom stereocenters. The standard InChI is InChI=1S/C48H33N3O/c1-48(2)41-27-35(24-25-37(41)39-29-44-40(28-42(39)48)38-18-9-10-19-43(38)52-44)31-22-20-30(21-23-31)34-16-11-17-36(26-34)47-50-45(32-12-5-3-6-13-32)49-46(51-47)33-14-7-4-8-15-33/h3-29H,1-2H3. The molecule has 0 amide bonds. The Hall–Kier alpha value is -6.65. The van der Waals surface area contributed by atoms with Gasteiger partial charge in [-0.3, -0.25) is 0 Å². The summed E-state index contributed by atoms with van der Waals surface area (Å²) in [5.41, 5.74) is 14.5. The van der Waals surface area contributed by atoms with Crippen LogP contribution in [0, 0.1) is 0 Å². The lowest BCUT2D eigenvalue weighted by Gasteiger charge is -2.22. The normalized spacial score (nSPS) is 13.0. The molecular formula is C48H33N3O. The van der Waals surface area contributed by atoms with Gasteiger partial charge in [0.25, 0.3) is 0 Å². The Morgan fingerprint density at radius 3 is 1.56 bits per heavy atom. The van der Waals surface area contributed by atoms with Crippen molar-refractivity contribution in [3.8, 4) is 67.5 Å². The summed E-state index contributed by atoms with van der Waals surface area (Å²) in [7, 11) is 0. The molecular weight excluding hydrogens is 635 g/mol. The highest BCUT2D eigenvalue weighted by Crippen LogP contribution is 2.51. The van der Waals surface area contributed by atoms with Crippen LogP contribution in [0.3, 0.4) is 0 Å². The highest BCUT2D eigenvalue weighted by atomic mass is 16.3. The van der Waals surface area contributed by atoms with E-state index in [1.54, 1.807) is 0 Å². The largest absolute Gasteiger partial charge is 0.456 e. The SMILES string of the molecule is CC1(C)c2cc(-c3ccc(-c4cccc(-c5nc(-c6ccccc6)nc(-c6ccccc6)n5)c4)cc3)ccc2-c2cc3oc4ccccc4c3cc21. The van der Waals surface area contributed by atoms with Crippen molar-refractivity contribution in [3.63, 3.8) is 0 Å². The van der Waals surface area contributed by atoms with Crippen LogP contribution < -0.4 is 0 Å². The molecule has 246 valence electrons. The lowest BCUT2D eigenvalue weighted by atomic mass is 9.81. The van der Waals surface area contributed by atoms with Crippen molar-refractivity contribution in [1.29, 1.82) is 0 Å². The molecule has 0 saturated carbocycles. The predicted octanol–water partition coefficient (Wildman–Crippen LogP) is 12.4. The zero-order chi connectivity index (χ0) is 34.8. The van der Waals surface area contributed by atoms with Gasteiger partial charge in [0.15, 0.2) is 17.5 Å². The molecule has 4 heteroatoms. The number of fused-ring (bicyclic) bond motifs is 6. The number of nitrogens with zero attached hydrogens (tertiary/aromatic N) is 3. The minimum atomic E-state index is -0.136. The molecule has 4 nitrogen and oxygen atoms in total. The average Bonchev–Trinajstić information content (AvgIpc) is 3.68. The maximum absolute atomic E-state index is 6.27. The highest BCUT2D eigenvalue weighted by Gasteiger charge is 2.36. The van der Waals surface area contributed by atoms with Crippen molar-refractivity contribution in [3.05, 3.63) is 175 Å². The molecule has 2 aromatic heterocycles. The topological polar surface area (TPSA) is 51.8 Å². The van der Waals surface area contributed by atoms with E-state index >= 15 is 0 Å². The van der Waals surface area contributed by atoms with E-state index in [4.69, 9.17) is 19.4 Å². The number of benzene rings is 7. The Morgan fingerprint density at radius 2 is 0.885 bits per heavy atom. The van der Waals surface area contributed by atoms with Crippen molar-refractivity contribution in [2.45, 2.75) is 19.3 Å². The summed E-state index contributed by atoms with van der Waals surface area (Å²) in [6, 6.07) is 57.3. The van der Waals surface area contributed by atoms with Crippen LogP contribution in [-0.2, 0) is 5.41 Å². The molecule has 1 aliphatic rings. The predicted molar refractivity (Wildman–Crippen MR) is 212 cm³/mol. The molecule has 0 spiro atoms. The number of hydrogen-bond acceptors (Lipinski definition) is 4. The molecule has 9 aromatic rings. The summed E-state index contributed by atoms with van der Waals surface area (Å²) in [4.78, 5) is 14.7. The molecule has 0 fully saturated rings. The Labute approximate surface area is 302 Å². The third-order valence-electron chi connectivity index (χ3n) is 10.5. The van der Waals surface area contributed by atoms with E-state index in [0.29, 0.717) is 17.5 Å². The van der Waals surface area contributed by atoms with E-state index in [-0.39, 0.29) is 5.41 Å². The smallest absolute Gasteiger partial charge is 0.164 e. The summed E-state index contributed by atoms with van der Waals surface area (Å²) in [5.74, 6) is 1.96. The van der Waals surface area contributed by atoms with Crippen LogP contribution in [0.5, 0.6) is 0 Å². The zero-order valence-electron chi connectivity index (χ0n) is 28.8. The number of furan rings is 1. The Morgan fingerprint density at radius 1 is 0.365 bits per heavy atom. The molecule has 0 atom stereocenters. The summed E-state index contributed by atoms with van der Waals surface area (Å²) in [6.07, 6.45) is 0. The van der Waals surface area contributed by atoms with Gasteiger partial charge < -0.3 is 4.42 Å². The van der Waals surface area contributed by atoms with E-state index in [1.165, 1.54) is 44.2 Å². The van der Waals surface area contributed by atoms with E-state index in [0.717, 1.165) is 39.0 Å². The van der Waals surface area contributed by atoms with Gasteiger partial charge in [0, 0.05) is 32.9 Å². The fraction of sp³-hybridized carbons (Fsp3) is 0.0625. The van der Waals surface area contributed by atoms with Crippen molar-refractivity contribution in [2.24, 2.45) is 0 Å². The van der Waals surface area contributed by atoms with E-state index in [9.17, 15) is 0 Å². The number of aromatic nitrogens is 3. The van der Waals surface area contributed by atoms with Crippen LogP contribution in [0.2, 0.25) is 0 Å².